The highest BCUT2D eigenvalue weighted by Gasteiger charge is 2.32. The maximum absolute atomic E-state index is 13.5. The molecule has 0 aliphatic carbocycles. The van der Waals surface area contributed by atoms with Crippen LogP contribution in [0.15, 0.2) is 121 Å². The first-order valence-electron chi connectivity index (χ1n) is 15.4. The molecule has 5 aromatic carbocycles. The number of hydrogen-bond donors (Lipinski definition) is 1. The van der Waals surface area contributed by atoms with Gasteiger partial charge in [-0.25, -0.2) is 0 Å². The Labute approximate surface area is 254 Å². The Morgan fingerprint density at radius 1 is 0.767 bits per heavy atom. The number of amides is 1. The average Bonchev–Trinajstić information content (AvgIpc) is 3.06. The van der Waals surface area contributed by atoms with Crippen LogP contribution in [0.5, 0.6) is 0 Å². The number of carbonyl (C=O) groups excluding carboxylic acids is 2. The number of hydrogen-bond acceptors (Lipinski definition) is 3. The summed E-state index contributed by atoms with van der Waals surface area (Å²) in [5.74, 6) is 0.442. The molecule has 0 spiro atoms. The van der Waals surface area contributed by atoms with Gasteiger partial charge >= 0.3 is 0 Å². The van der Waals surface area contributed by atoms with Gasteiger partial charge in [0.2, 0.25) is 5.91 Å². The number of anilines is 1. The Hall–Kier alpha value is -4.70. The van der Waals surface area contributed by atoms with Gasteiger partial charge in [-0.2, -0.15) is 0 Å². The third-order valence-corrected chi connectivity index (χ3v) is 8.76. The third kappa shape index (κ3) is 6.39. The molecule has 1 N–H and O–H groups in total. The summed E-state index contributed by atoms with van der Waals surface area (Å²) in [6, 6.07) is 41.2. The lowest BCUT2D eigenvalue weighted by Gasteiger charge is -2.37. The van der Waals surface area contributed by atoms with Crippen LogP contribution in [0.1, 0.15) is 47.2 Å². The molecule has 0 aromatic heterocycles. The molecular weight excluding hydrogens is 528 g/mol. The molecule has 1 heterocycles. The number of piperidine rings is 1. The predicted octanol–water partition coefficient (Wildman–Crippen LogP) is 8.07. The number of nitrogens with one attached hydrogen (secondary N) is 1. The van der Waals surface area contributed by atoms with E-state index in [0.717, 1.165) is 53.7 Å². The Morgan fingerprint density at radius 3 is 2.19 bits per heavy atom. The van der Waals surface area contributed by atoms with E-state index in [4.69, 9.17) is 0 Å². The Kier molecular flexibility index (Phi) is 8.65. The monoisotopic (exact) mass is 566 g/mol. The average molecular weight is 567 g/mol. The minimum absolute atomic E-state index is 0.117. The standard InChI is InChI=1S/C39H38N2O2/c1-2-40-39(43)38(30-11-4-3-5-12-30)31-22-24-41(25-23-31)34-20-16-28(17-21-34)26-37(42)36-15-9-8-14-35(36)33-19-18-29-10-6-7-13-32(29)27-33/h3-21,27,31,38H,2,22-26H2,1H3,(H,40,43). The molecule has 4 heteroatoms. The smallest absolute Gasteiger partial charge is 0.227 e. The number of fused-ring (bicyclic) bond motifs is 1. The van der Waals surface area contributed by atoms with Crippen molar-refractivity contribution < 1.29 is 9.59 Å². The molecule has 0 saturated carbocycles. The van der Waals surface area contributed by atoms with E-state index in [1.807, 2.05) is 61.5 Å². The zero-order valence-corrected chi connectivity index (χ0v) is 24.7. The van der Waals surface area contributed by atoms with Gasteiger partial charge in [0, 0.05) is 37.3 Å². The third-order valence-electron chi connectivity index (χ3n) is 8.76. The van der Waals surface area contributed by atoms with E-state index in [9.17, 15) is 9.59 Å². The van der Waals surface area contributed by atoms with Crippen LogP contribution in [-0.4, -0.2) is 31.3 Å². The van der Waals surface area contributed by atoms with Crippen molar-refractivity contribution in [1.29, 1.82) is 0 Å². The van der Waals surface area contributed by atoms with Crippen LogP contribution < -0.4 is 10.2 Å². The maximum Gasteiger partial charge on any atom is 0.227 e. The Morgan fingerprint density at radius 2 is 1.44 bits per heavy atom. The van der Waals surface area contributed by atoms with Crippen molar-refractivity contribution >= 4 is 28.2 Å². The van der Waals surface area contributed by atoms with Crippen LogP contribution in [0.25, 0.3) is 21.9 Å². The fraction of sp³-hybridized carbons (Fsp3) is 0.231. The van der Waals surface area contributed by atoms with Gasteiger partial charge in [-0.15, -0.1) is 0 Å². The molecule has 4 nitrogen and oxygen atoms in total. The number of rotatable bonds is 9. The topological polar surface area (TPSA) is 49.4 Å². The molecule has 43 heavy (non-hydrogen) atoms. The lowest BCUT2D eigenvalue weighted by atomic mass is 9.79. The van der Waals surface area contributed by atoms with E-state index in [1.54, 1.807) is 0 Å². The van der Waals surface area contributed by atoms with Crippen molar-refractivity contribution in [1.82, 2.24) is 5.32 Å². The molecule has 5 aromatic rings. The first-order valence-corrected chi connectivity index (χ1v) is 15.4. The second-order valence-corrected chi connectivity index (χ2v) is 11.5. The van der Waals surface area contributed by atoms with E-state index in [1.165, 1.54) is 16.5 Å². The molecular formula is C39H38N2O2. The van der Waals surface area contributed by atoms with Crippen molar-refractivity contribution in [2.24, 2.45) is 5.92 Å². The number of likely N-dealkylation sites (N-methyl/N-ethyl adjacent to an activating group) is 1. The lowest BCUT2D eigenvalue weighted by Crippen LogP contribution is -2.40. The highest BCUT2D eigenvalue weighted by Crippen LogP contribution is 2.35. The second kappa shape index (κ2) is 13.1. The van der Waals surface area contributed by atoms with Gasteiger partial charge in [0.1, 0.15) is 0 Å². The largest absolute Gasteiger partial charge is 0.372 e. The summed E-state index contributed by atoms with van der Waals surface area (Å²) in [6.45, 7) is 4.43. The van der Waals surface area contributed by atoms with Gasteiger partial charge in [-0.3, -0.25) is 9.59 Å². The van der Waals surface area contributed by atoms with Crippen LogP contribution in [0.4, 0.5) is 5.69 Å². The molecule has 1 unspecified atom stereocenters. The van der Waals surface area contributed by atoms with Gasteiger partial charge in [0.25, 0.3) is 0 Å². The molecule has 1 aliphatic heterocycles. The normalized spacial score (nSPS) is 14.4. The first-order chi connectivity index (χ1) is 21.1. The molecule has 1 fully saturated rings. The first kappa shape index (κ1) is 28.4. The number of Topliss-reactive ketones (excluding diaryl/α,β-unsaturated/α-hetero) is 1. The van der Waals surface area contributed by atoms with Crippen molar-refractivity contribution in [3.8, 4) is 11.1 Å². The summed E-state index contributed by atoms with van der Waals surface area (Å²) in [6.07, 6.45) is 2.28. The second-order valence-electron chi connectivity index (χ2n) is 11.5. The van der Waals surface area contributed by atoms with Crippen LogP contribution in [0.2, 0.25) is 0 Å². The summed E-state index contributed by atoms with van der Waals surface area (Å²) in [7, 11) is 0. The van der Waals surface area contributed by atoms with Gasteiger partial charge < -0.3 is 10.2 Å². The van der Waals surface area contributed by atoms with Gasteiger partial charge in [-0.05, 0) is 76.9 Å². The van der Waals surface area contributed by atoms with Crippen LogP contribution in [0.3, 0.4) is 0 Å². The summed E-state index contributed by atoms with van der Waals surface area (Å²) in [5.41, 5.74) is 6.06. The van der Waals surface area contributed by atoms with E-state index in [2.05, 4.69) is 76.9 Å². The van der Waals surface area contributed by atoms with Crippen molar-refractivity contribution in [2.45, 2.75) is 32.1 Å². The SMILES string of the molecule is CCNC(=O)C(c1ccccc1)C1CCN(c2ccc(CC(=O)c3ccccc3-c3ccc4ccccc4c3)cc2)CC1. The molecule has 1 amide bonds. The fourth-order valence-electron chi connectivity index (χ4n) is 6.51. The van der Waals surface area contributed by atoms with Gasteiger partial charge in [-0.1, -0.05) is 103 Å². The Bertz CT molecular complexity index is 1700. The number of carbonyl (C=O) groups is 2. The zero-order valence-electron chi connectivity index (χ0n) is 24.7. The number of nitrogens with zero attached hydrogens (tertiary/aromatic N) is 1. The van der Waals surface area contributed by atoms with E-state index in [0.29, 0.717) is 18.9 Å². The van der Waals surface area contributed by atoms with Crippen molar-refractivity contribution in [3.05, 3.63) is 138 Å². The highest BCUT2D eigenvalue weighted by molar-refractivity contribution is 6.04. The minimum atomic E-state index is -0.117. The zero-order chi connectivity index (χ0) is 29.6. The fourth-order valence-corrected chi connectivity index (χ4v) is 6.51. The van der Waals surface area contributed by atoms with Crippen LogP contribution in [0, 0.1) is 5.92 Å². The van der Waals surface area contributed by atoms with Gasteiger partial charge in [0.05, 0.1) is 5.92 Å². The molecule has 1 saturated heterocycles. The summed E-state index contributed by atoms with van der Waals surface area (Å²) < 4.78 is 0. The van der Waals surface area contributed by atoms with E-state index >= 15 is 0 Å². The predicted molar refractivity (Wildman–Crippen MR) is 177 cm³/mol. The van der Waals surface area contributed by atoms with Crippen molar-refractivity contribution in [2.75, 3.05) is 24.5 Å². The van der Waals surface area contributed by atoms with E-state index in [-0.39, 0.29) is 17.6 Å². The molecule has 216 valence electrons. The molecule has 6 rings (SSSR count). The maximum atomic E-state index is 13.5. The quantitative estimate of drug-likeness (QED) is 0.184. The molecule has 0 bridgehead atoms. The van der Waals surface area contributed by atoms with Crippen LogP contribution >= 0.6 is 0 Å². The number of ketones is 1. The Balaban J connectivity index is 1.12. The summed E-state index contributed by atoms with van der Waals surface area (Å²) in [4.78, 5) is 29.0. The molecule has 0 radical (unpaired) electrons. The molecule has 1 atom stereocenters. The summed E-state index contributed by atoms with van der Waals surface area (Å²) in [5, 5.41) is 5.42. The number of benzene rings is 5. The van der Waals surface area contributed by atoms with Crippen molar-refractivity contribution in [3.63, 3.8) is 0 Å². The van der Waals surface area contributed by atoms with Gasteiger partial charge in [0.15, 0.2) is 5.78 Å². The lowest BCUT2D eigenvalue weighted by molar-refractivity contribution is -0.123. The van der Waals surface area contributed by atoms with E-state index < -0.39 is 0 Å². The molecule has 1 aliphatic rings. The highest BCUT2D eigenvalue weighted by atomic mass is 16.2. The summed E-state index contributed by atoms with van der Waals surface area (Å²) >= 11 is 0. The minimum Gasteiger partial charge on any atom is -0.372 e. The van der Waals surface area contributed by atoms with Crippen LogP contribution in [-0.2, 0) is 11.2 Å².